The molecule has 112 valence electrons. The second-order valence-electron chi connectivity index (χ2n) is 5.12. The van der Waals surface area contributed by atoms with Gasteiger partial charge in [0, 0.05) is 11.6 Å². The van der Waals surface area contributed by atoms with Gasteiger partial charge in [-0.15, -0.1) is 0 Å². The summed E-state index contributed by atoms with van der Waals surface area (Å²) in [6, 6.07) is 10.6. The molecule has 0 amide bonds. The highest BCUT2D eigenvalue weighted by molar-refractivity contribution is 9.10. The maximum absolute atomic E-state index is 14.1. The highest BCUT2D eigenvalue weighted by Gasteiger charge is 2.14. The molecule has 2 nitrogen and oxygen atoms in total. The smallest absolute Gasteiger partial charge is 0.141 e. The SMILES string of the molecule is CCC(N)Cc1c(F)cccc1Oc1ccc(C)cc1Br. The minimum atomic E-state index is -0.278. The van der Waals surface area contributed by atoms with Crippen LogP contribution in [-0.2, 0) is 6.42 Å². The molecule has 0 spiro atoms. The lowest BCUT2D eigenvalue weighted by Gasteiger charge is -2.16. The Labute approximate surface area is 133 Å². The number of hydrogen-bond acceptors (Lipinski definition) is 2. The number of benzene rings is 2. The van der Waals surface area contributed by atoms with E-state index in [0.717, 1.165) is 16.5 Å². The highest BCUT2D eigenvalue weighted by Crippen LogP contribution is 2.33. The van der Waals surface area contributed by atoms with Crippen LogP contribution in [0.1, 0.15) is 24.5 Å². The van der Waals surface area contributed by atoms with Gasteiger partial charge in [0.1, 0.15) is 17.3 Å². The predicted molar refractivity (Wildman–Crippen MR) is 87.3 cm³/mol. The van der Waals surface area contributed by atoms with E-state index in [0.29, 0.717) is 23.5 Å². The molecular weight excluding hydrogens is 333 g/mol. The molecule has 2 rings (SSSR count). The molecule has 0 aliphatic carbocycles. The molecular formula is C17H19BrFNO. The summed E-state index contributed by atoms with van der Waals surface area (Å²) in [5, 5.41) is 0. The maximum atomic E-state index is 14.1. The monoisotopic (exact) mass is 351 g/mol. The summed E-state index contributed by atoms with van der Waals surface area (Å²) in [6.45, 7) is 3.99. The maximum Gasteiger partial charge on any atom is 0.141 e. The van der Waals surface area contributed by atoms with Crippen LogP contribution in [0.2, 0.25) is 0 Å². The van der Waals surface area contributed by atoms with Crippen LogP contribution >= 0.6 is 15.9 Å². The Morgan fingerprint density at radius 3 is 2.67 bits per heavy atom. The molecule has 0 saturated carbocycles. The summed E-state index contributed by atoms with van der Waals surface area (Å²) in [5.74, 6) is 0.903. The lowest BCUT2D eigenvalue weighted by Crippen LogP contribution is -2.22. The van der Waals surface area contributed by atoms with Crippen LogP contribution in [0.4, 0.5) is 4.39 Å². The van der Waals surface area contributed by atoms with E-state index in [1.807, 2.05) is 32.0 Å². The van der Waals surface area contributed by atoms with Gasteiger partial charge in [-0.25, -0.2) is 4.39 Å². The fraction of sp³-hybridized carbons (Fsp3) is 0.294. The molecule has 0 aromatic heterocycles. The zero-order chi connectivity index (χ0) is 15.4. The molecule has 0 radical (unpaired) electrons. The molecule has 2 aromatic carbocycles. The number of hydrogen-bond donors (Lipinski definition) is 1. The molecule has 0 saturated heterocycles. The topological polar surface area (TPSA) is 35.2 Å². The largest absolute Gasteiger partial charge is 0.456 e. The Balaban J connectivity index is 2.33. The lowest BCUT2D eigenvalue weighted by molar-refractivity contribution is 0.458. The first-order valence-electron chi connectivity index (χ1n) is 6.98. The van der Waals surface area contributed by atoms with E-state index in [-0.39, 0.29) is 11.9 Å². The third-order valence-electron chi connectivity index (χ3n) is 3.37. The quantitative estimate of drug-likeness (QED) is 0.825. The predicted octanol–water partition coefficient (Wildman–Crippen LogP) is 4.97. The highest BCUT2D eigenvalue weighted by atomic mass is 79.9. The van der Waals surface area contributed by atoms with Gasteiger partial charge in [-0.05, 0) is 65.5 Å². The van der Waals surface area contributed by atoms with Gasteiger partial charge in [-0.1, -0.05) is 19.1 Å². The van der Waals surface area contributed by atoms with Gasteiger partial charge in [-0.3, -0.25) is 0 Å². The van der Waals surface area contributed by atoms with Crippen molar-refractivity contribution >= 4 is 15.9 Å². The minimum absolute atomic E-state index is 0.0780. The van der Waals surface area contributed by atoms with Crippen LogP contribution in [0.5, 0.6) is 11.5 Å². The molecule has 0 heterocycles. The fourth-order valence-electron chi connectivity index (χ4n) is 2.05. The zero-order valence-corrected chi connectivity index (χ0v) is 13.8. The number of halogens is 2. The standard InChI is InChI=1S/C17H19BrFNO/c1-3-12(20)10-13-15(19)5-4-6-16(13)21-17-8-7-11(2)9-14(17)18/h4-9,12H,3,10,20H2,1-2H3. The van der Waals surface area contributed by atoms with Crippen LogP contribution in [0.15, 0.2) is 40.9 Å². The van der Waals surface area contributed by atoms with Crippen LogP contribution in [0.25, 0.3) is 0 Å². The Morgan fingerprint density at radius 1 is 1.24 bits per heavy atom. The summed E-state index contributed by atoms with van der Waals surface area (Å²) in [7, 11) is 0. The molecule has 4 heteroatoms. The molecule has 2 aromatic rings. The summed E-state index contributed by atoms with van der Waals surface area (Å²) in [4.78, 5) is 0. The summed E-state index contributed by atoms with van der Waals surface area (Å²) in [5.41, 5.74) is 7.61. The van der Waals surface area contributed by atoms with Gasteiger partial charge in [0.25, 0.3) is 0 Å². The second kappa shape index (κ2) is 7.05. The van der Waals surface area contributed by atoms with Crippen molar-refractivity contribution in [3.8, 4) is 11.5 Å². The first-order chi connectivity index (χ1) is 10.0. The average Bonchev–Trinajstić information content (AvgIpc) is 2.45. The zero-order valence-electron chi connectivity index (χ0n) is 12.2. The summed E-state index contributed by atoms with van der Waals surface area (Å²) in [6.07, 6.45) is 1.25. The first kappa shape index (κ1) is 16.0. The van der Waals surface area contributed by atoms with Crippen molar-refractivity contribution in [2.45, 2.75) is 32.7 Å². The van der Waals surface area contributed by atoms with Crippen molar-refractivity contribution in [2.75, 3.05) is 0 Å². The van der Waals surface area contributed by atoms with Crippen LogP contribution in [0.3, 0.4) is 0 Å². The molecule has 21 heavy (non-hydrogen) atoms. The average molecular weight is 352 g/mol. The Hall–Kier alpha value is -1.39. The van der Waals surface area contributed by atoms with Crippen molar-refractivity contribution in [3.63, 3.8) is 0 Å². The third-order valence-corrected chi connectivity index (χ3v) is 3.99. The number of rotatable bonds is 5. The van der Waals surface area contributed by atoms with Crippen molar-refractivity contribution < 1.29 is 9.13 Å². The van der Waals surface area contributed by atoms with Gasteiger partial charge in [0.2, 0.25) is 0 Å². The molecule has 0 aliphatic heterocycles. The van der Waals surface area contributed by atoms with Crippen molar-refractivity contribution in [1.29, 1.82) is 0 Å². The summed E-state index contributed by atoms with van der Waals surface area (Å²) >= 11 is 3.47. The molecule has 1 unspecified atom stereocenters. The van der Waals surface area contributed by atoms with E-state index in [9.17, 15) is 4.39 Å². The summed E-state index contributed by atoms with van der Waals surface area (Å²) < 4.78 is 20.8. The van der Waals surface area contributed by atoms with E-state index < -0.39 is 0 Å². The molecule has 0 bridgehead atoms. The number of aryl methyl sites for hydroxylation is 1. The normalized spacial score (nSPS) is 12.2. The molecule has 0 aliphatic rings. The van der Waals surface area contributed by atoms with Gasteiger partial charge in [0.15, 0.2) is 0 Å². The van der Waals surface area contributed by atoms with E-state index in [1.165, 1.54) is 6.07 Å². The first-order valence-corrected chi connectivity index (χ1v) is 7.77. The van der Waals surface area contributed by atoms with Crippen molar-refractivity contribution in [2.24, 2.45) is 5.73 Å². The molecule has 1 atom stereocenters. The molecule has 2 N–H and O–H groups in total. The van der Waals surface area contributed by atoms with Crippen molar-refractivity contribution in [3.05, 3.63) is 57.8 Å². The van der Waals surface area contributed by atoms with Gasteiger partial charge in [-0.2, -0.15) is 0 Å². The van der Waals surface area contributed by atoms with E-state index in [4.69, 9.17) is 10.5 Å². The lowest BCUT2D eigenvalue weighted by atomic mass is 10.0. The van der Waals surface area contributed by atoms with E-state index in [1.54, 1.807) is 12.1 Å². The minimum Gasteiger partial charge on any atom is -0.456 e. The Bertz CT molecular complexity index is 630. The number of nitrogens with two attached hydrogens (primary N) is 1. The van der Waals surface area contributed by atoms with Crippen LogP contribution < -0.4 is 10.5 Å². The number of ether oxygens (including phenoxy) is 1. The van der Waals surface area contributed by atoms with Crippen molar-refractivity contribution in [1.82, 2.24) is 0 Å². The second-order valence-corrected chi connectivity index (χ2v) is 5.98. The van der Waals surface area contributed by atoms with Gasteiger partial charge in [0.05, 0.1) is 4.47 Å². The van der Waals surface area contributed by atoms with E-state index in [2.05, 4.69) is 15.9 Å². The third kappa shape index (κ3) is 4.05. The van der Waals surface area contributed by atoms with Gasteiger partial charge >= 0.3 is 0 Å². The molecule has 0 fully saturated rings. The van der Waals surface area contributed by atoms with E-state index >= 15 is 0 Å². The van der Waals surface area contributed by atoms with Gasteiger partial charge < -0.3 is 10.5 Å². The fourth-order valence-corrected chi connectivity index (χ4v) is 2.62. The Morgan fingerprint density at radius 2 is 2.00 bits per heavy atom. The Kier molecular flexibility index (Phi) is 5.37. The van der Waals surface area contributed by atoms with Crippen LogP contribution in [0, 0.1) is 12.7 Å². The van der Waals surface area contributed by atoms with Crippen LogP contribution in [-0.4, -0.2) is 6.04 Å².